The molecule has 126 valence electrons. The second-order valence-electron chi connectivity index (χ2n) is 5.70. The minimum absolute atomic E-state index is 0.0700. The number of hydrogen-bond donors (Lipinski definition) is 0. The summed E-state index contributed by atoms with van der Waals surface area (Å²) < 4.78 is 8.28. The Morgan fingerprint density at radius 1 is 0.870 bits per heavy atom. The first-order valence-corrected chi connectivity index (χ1v) is 8.08. The fraction of sp³-hybridized carbons (Fsp3) is 0.400. The molecule has 0 saturated carbocycles. The molecule has 0 aromatic heterocycles. The van der Waals surface area contributed by atoms with Gasteiger partial charge in [-0.3, -0.25) is 9.59 Å². The Kier molecular flexibility index (Phi) is 5.98. The van der Waals surface area contributed by atoms with Gasteiger partial charge in [0.2, 0.25) is 0 Å². The average molecular weight is 451 g/mol. The summed E-state index contributed by atoms with van der Waals surface area (Å²) in [6.45, 7) is 6.30. The molecule has 0 spiro atoms. The van der Waals surface area contributed by atoms with Crippen molar-refractivity contribution in [2.45, 2.75) is 36.3 Å². The Balaban J connectivity index is 3.16. The van der Waals surface area contributed by atoms with E-state index in [1.165, 1.54) is 6.07 Å². The molecule has 0 saturated heterocycles. The highest BCUT2D eigenvalue weighted by atomic mass is 79.9. The lowest BCUT2D eigenvalue weighted by molar-refractivity contribution is -0.255. The van der Waals surface area contributed by atoms with Gasteiger partial charge >= 0.3 is 11.9 Å². The van der Waals surface area contributed by atoms with Crippen LogP contribution < -0.4 is 14.6 Å². The van der Waals surface area contributed by atoms with E-state index < -0.39 is 26.6 Å². The number of ether oxygens (including phenoxy) is 2. The Bertz CT molecular complexity index is 594. The molecular weight excluding hydrogens is 436 g/mol. The van der Waals surface area contributed by atoms with E-state index in [-0.39, 0.29) is 17.1 Å². The van der Waals surface area contributed by atoms with E-state index in [0.29, 0.717) is 0 Å². The molecule has 1 aromatic carbocycles. The fourth-order valence-electron chi connectivity index (χ4n) is 1.26. The van der Waals surface area contributed by atoms with E-state index in [4.69, 9.17) is 9.47 Å². The van der Waals surface area contributed by atoms with Crippen molar-refractivity contribution in [3.8, 4) is 11.5 Å². The first kappa shape index (κ1) is 19.6. The summed E-state index contributed by atoms with van der Waals surface area (Å²) in [4.78, 5) is 34.8. The van der Waals surface area contributed by atoms with Gasteiger partial charge in [-0.15, -0.1) is 0 Å². The lowest BCUT2D eigenvalue weighted by Crippen LogP contribution is -2.30. The van der Waals surface area contributed by atoms with Crippen molar-refractivity contribution in [1.82, 2.24) is 0 Å². The molecule has 6 nitrogen and oxygen atoms in total. The largest absolute Gasteiger partial charge is 0.545 e. The molecule has 0 N–H and O–H groups in total. The first-order valence-electron chi connectivity index (χ1n) is 6.49. The molecule has 23 heavy (non-hydrogen) atoms. The van der Waals surface area contributed by atoms with Gasteiger partial charge in [0.1, 0.15) is 20.1 Å². The number of rotatable bonds is 5. The van der Waals surface area contributed by atoms with Gasteiger partial charge in [0, 0.05) is 11.6 Å². The van der Waals surface area contributed by atoms with E-state index in [0.717, 1.165) is 12.1 Å². The minimum Gasteiger partial charge on any atom is -0.545 e. The van der Waals surface area contributed by atoms with Crippen molar-refractivity contribution in [2.75, 3.05) is 0 Å². The van der Waals surface area contributed by atoms with Gasteiger partial charge in [-0.2, -0.15) is 0 Å². The summed E-state index contributed by atoms with van der Waals surface area (Å²) in [6.07, 6.45) is 0. The van der Waals surface area contributed by atoms with Crippen molar-refractivity contribution in [3.63, 3.8) is 0 Å². The zero-order valence-electron chi connectivity index (χ0n) is 12.9. The second kappa shape index (κ2) is 7.00. The van der Waals surface area contributed by atoms with Crippen LogP contribution in [0.25, 0.3) is 0 Å². The number of carbonyl (C=O) groups excluding carboxylic acids is 3. The first-order chi connectivity index (χ1) is 10.3. The number of hydrogen-bond acceptors (Lipinski definition) is 6. The van der Waals surface area contributed by atoms with Crippen LogP contribution >= 0.6 is 31.9 Å². The van der Waals surface area contributed by atoms with E-state index in [1.807, 2.05) is 0 Å². The van der Waals surface area contributed by atoms with E-state index in [9.17, 15) is 19.5 Å². The maximum Gasteiger partial charge on any atom is 0.327 e. The molecule has 0 bridgehead atoms. The van der Waals surface area contributed by atoms with Crippen molar-refractivity contribution in [2.24, 2.45) is 0 Å². The van der Waals surface area contributed by atoms with Crippen LogP contribution in [0.2, 0.25) is 0 Å². The van der Waals surface area contributed by atoms with Gasteiger partial charge in [0.15, 0.2) is 0 Å². The third kappa shape index (κ3) is 5.95. The number of halogens is 2. The average Bonchev–Trinajstić information content (AvgIpc) is 2.35. The smallest absolute Gasteiger partial charge is 0.327 e. The van der Waals surface area contributed by atoms with Crippen molar-refractivity contribution < 1.29 is 29.0 Å². The van der Waals surface area contributed by atoms with Gasteiger partial charge < -0.3 is 19.4 Å². The number of esters is 2. The monoisotopic (exact) mass is 449 g/mol. The SMILES string of the molecule is CC(C)(Br)C(=O)Oc1cc(OC(=O)C(C)(C)Br)cc(C(=O)[O-])c1. The molecule has 1 rings (SSSR count). The van der Waals surface area contributed by atoms with Crippen LogP contribution in [0, 0.1) is 0 Å². The van der Waals surface area contributed by atoms with Crippen molar-refractivity contribution in [3.05, 3.63) is 23.8 Å². The van der Waals surface area contributed by atoms with Gasteiger partial charge in [0.05, 0.1) is 5.97 Å². The summed E-state index contributed by atoms with van der Waals surface area (Å²) in [6, 6.07) is 3.48. The summed E-state index contributed by atoms with van der Waals surface area (Å²) >= 11 is 6.28. The van der Waals surface area contributed by atoms with Crippen molar-refractivity contribution in [1.29, 1.82) is 0 Å². The quantitative estimate of drug-likeness (QED) is 0.388. The van der Waals surface area contributed by atoms with Crippen LogP contribution in [-0.4, -0.2) is 26.6 Å². The highest BCUT2D eigenvalue weighted by molar-refractivity contribution is 9.10. The normalized spacial score (nSPS) is 11.7. The number of carbonyl (C=O) groups is 3. The minimum atomic E-state index is -1.49. The van der Waals surface area contributed by atoms with Crippen LogP contribution in [0.4, 0.5) is 0 Å². The Hall–Kier alpha value is -1.41. The summed E-state index contributed by atoms with van der Waals surface area (Å²) in [5.41, 5.74) is -0.280. The molecule has 0 aliphatic rings. The molecule has 1 aromatic rings. The fourth-order valence-corrected chi connectivity index (χ4v) is 1.43. The molecule has 8 heteroatoms. The zero-order valence-corrected chi connectivity index (χ0v) is 16.1. The Morgan fingerprint density at radius 3 is 1.48 bits per heavy atom. The molecule has 0 atom stereocenters. The summed E-state index contributed by atoms with van der Waals surface area (Å²) in [7, 11) is 0. The van der Waals surface area contributed by atoms with Gasteiger partial charge in [-0.05, 0) is 39.8 Å². The molecular formula is C15H15Br2O6-. The van der Waals surface area contributed by atoms with Crippen LogP contribution in [0.3, 0.4) is 0 Å². The highest BCUT2D eigenvalue weighted by Crippen LogP contribution is 2.28. The lowest BCUT2D eigenvalue weighted by Gasteiger charge is -2.18. The Morgan fingerprint density at radius 2 is 1.22 bits per heavy atom. The summed E-state index contributed by atoms with van der Waals surface area (Å²) in [5.74, 6) is -2.90. The van der Waals surface area contributed by atoms with E-state index in [1.54, 1.807) is 27.7 Å². The third-order valence-corrected chi connectivity index (χ3v) is 3.16. The Labute approximate surface area is 150 Å². The molecule has 0 aliphatic carbocycles. The predicted molar refractivity (Wildman–Crippen MR) is 88.1 cm³/mol. The van der Waals surface area contributed by atoms with Gasteiger partial charge in [-0.1, -0.05) is 31.9 Å². The molecule has 0 heterocycles. The molecule has 0 fully saturated rings. The summed E-state index contributed by atoms with van der Waals surface area (Å²) in [5, 5.41) is 11.1. The number of carboxylic acids is 1. The molecule has 0 aliphatic heterocycles. The van der Waals surface area contributed by atoms with E-state index >= 15 is 0 Å². The highest BCUT2D eigenvalue weighted by Gasteiger charge is 2.28. The third-order valence-electron chi connectivity index (χ3n) is 2.51. The van der Waals surface area contributed by atoms with Crippen LogP contribution in [0.5, 0.6) is 11.5 Å². The van der Waals surface area contributed by atoms with Gasteiger partial charge in [-0.25, -0.2) is 0 Å². The van der Waals surface area contributed by atoms with Gasteiger partial charge in [0.25, 0.3) is 0 Å². The number of aromatic carboxylic acids is 1. The predicted octanol–water partition coefficient (Wildman–Crippen LogP) is 2.21. The van der Waals surface area contributed by atoms with Crippen LogP contribution in [0.1, 0.15) is 38.1 Å². The molecule has 0 radical (unpaired) electrons. The van der Waals surface area contributed by atoms with E-state index in [2.05, 4.69) is 31.9 Å². The second-order valence-corrected chi connectivity index (χ2v) is 9.67. The molecule has 0 unspecified atom stereocenters. The van der Waals surface area contributed by atoms with Crippen LogP contribution in [0.15, 0.2) is 18.2 Å². The lowest BCUT2D eigenvalue weighted by atomic mass is 10.2. The van der Waals surface area contributed by atoms with Crippen molar-refractivity contribution >= 4 is 49.8 Å². The maximum atomic E-state index is 11.9. The maximum absolute atomic E-state index is 11.9. The molecule has 0 amide bonds. The number of carboxylic acid groups (broad SMARTS) is 1. The standard InChI is InChI=1S/C15H16Br2O6/c1-14(2,16)12(20)22-9-5-8(11(18)19)6-10(7-9)23-13(21)15(3,4)17/h5-7H,1-4H3,(H,18,19)/p-1. The number of benzene rings is 1. The number of alkyl halides is 2. The van der Waals surface area contributed by atoms with Crippen LogP contribution in [-0.2, 0) is 9.59 Å². The zero-order chi connectivity index (χ0) is 18.0. The topological polar surface area (TPSA) is 92.7 Å².